The number of hydrogen-bond donors (Lipinski definition) is 0. The average Bonchev–Trinajstić information content (AvgIpc) is 2.80. The molecule has 3 aromatic carbocycles. The van der Waals surface area contributed by atoms with Crippen molar-refractivity contribution in [2.24, 2.45) is 0 Å². The minimum Gasteiger partial charge on any atom is -0.469 e. The second-order valence-electron chi connectivity index (χ2n) is 8.17. The first-order chi connectivity index (χ1) is 14.7. The summed E-state index contributed by atoms with van der Waals surface area (Å²) >= 11 is 0. The highest BCUT2D eigenvalue weighted by molar-refractivity contribution is 5.88. The van der Waals surface area contributed by atoms with Gasteiger partial charge in [-0.05, 0) is 29.3 Å². The lowest BCUT2D eigenvalue weighted by molar-refractivity contribution is 0.159. The molecule has 1 aromatic heterocycles. The Morgan fingerprint density at radius 2 is 1.67 bits per heavy atom. The van der Waals surface area contributed by atoms with Gasteiger partial charge in [0.05, 0.1) is 17.6 Å². The van der Waals surface area contributed by atoms with Crippen LogP contribution in [0, 0.1) is 0 Å². The molecule has 0 saturated carbocycles. The number of anilines is 1. The number of rotatable bonds is 2. The molecule has 0 N–H and O–H groups in total. The topological polar surface area (TPSA) is 34.5 Å². The second-order valence-corrected chi connectivity index (χ2v) is 8.17. The fraction of sp³-hybridized carbons (Fsp3) is 0.192. The molecule has 4 aromatic rings. The number of benzene rings is 3. The molecule has 2 aliphatic rings. The Bertz CT molecular complexity index is 1330. The van der Waals surface area contributed by atoms with E-state index in [0.717, 1.165) is 39.9 Å². The summed E-state index contributed by atoms with van der Waals surface area (Å²) in [6, 6.07) is 26.6. The zero-order chi connectivity index (χ0) is 20.2. The molecule has 0 unspecified atom stereocenters. The minimum absolute atomic E-state index is 0.0466. The van der Waals surface area contributed by atoms with Gasteiger partial charge in [0, 0.05) is 30.5 Å². The molecule has 2 atom stereocenters. The van der Waals surface area contributed by atoms with E-state index in [2.05, 4.69) is 48.3 Å². The Kier molecular flexibility index (Phi) is 3.75. The van der Waals surface area contributed by atoms with Gasteiger partial charge in [0.2, 0.25) is 0 Å². The Morgan fingerprint density at radius 1 is 0.933 bits per heavy atom. The van der Waals surface area contributed by atoms with Crippen molar-refractivity contribution in [3.8, 4) is 5.75 Å². The predicted molar refractivity (Wildman–Crippen MR) is 119 cm³/mol. The Labute approximate surface area is 175 Å². The number of pyridine rings is 1. The maximum atomic E-state index is 13.9. The SMILES string of the molecule is CN1c2ccccc2[C@@H]2C[C@H]1Oc1c2c(=O)n(Cc2ccccc2)c2ccccc12. The van der Waals surface area contributed by atoms with Gasteiger partial charge >= 0.3 is 0 Å². The minimum atomic E-state index is -0.0646. The molecule has 4 heteroatoms. The van der Waals surface area contributed by atoms with Gasteiger partial charge in [-0.3, -0.25) is 4.79 Å². The lowest BCUT2D eigenvalue weighted by Gasteiger charge is -2.44. The fourth-order valence-corrected chi connectivity index (χ4v) is 5.04. The zero-order valence-corrected chi connectivity index (χ0v) is 16.8. The van der Waals surface area contributed by atoms with E-state index in [-0.39, 0.29) is 17.7 Å². The van der Waals surface area contributed by atoms with Crippen molar-refractivity contribution < 1.29 is 4.74 Å². The maximum absolute atomic E-state index is 13.9. The number of aromatic nitrogens is 1. The van der Waals surface area contributed by atoms with Crippen LogP contribution in [-0.4, -0.2) is 17.8 Å². The van der Waals surface area contributed by atoms with Crippen LogP contribution >= 0.6 is 0 Å². The highest BCUT2D eigenvalue weighted by atomic mass is 16.5. The standard InChI is InChI=1S/C26H22N2O2/c1-27-21-13-7-5-11-18(21)20-15-23(27)30-25-19-12-6-8-14-22(19)28(26(29)24(20)25)16-17-9-3-2-4-10-17/h2-14,20,23H,15-16H2,1H3/t20-,23+/m0/s1. The lowest BCUT2D eigenvalue weighted by Crippen LogP contribution is -2.46. The van der Waals surface area contributed by atoms with Crippen LogP contribution in [-0.2, 0) is 6.54 Å². The van der Waals surface area contributed by atoms with E-state index in [1.807, 2.05) is 47.0 Å². The first-order valence-electron chi connectivity index (χ1n) is 10.4. The molecule has 30 heavy (non-hydrogen) atoms. The quantitative estimate of drug-likeness (QED) is 0.493. The molecule has 6 rings (SSSR count). The number of nitrogens with zero attached hydrogens (tertiary/aromatic N) is 2. The average molecular weight is 394 g/mol. The van der Waals surface area contributed by atoms with Gasteiger partial charge in [0.15, 0.2) is 6.23 Å². The van der Waals surface area contributed by atoms with Crippen LogP contribution in [0.1, 0.15) is 29.0 Å². The molecule has 3 heterocycles. The van der Waals surface area contributed by atoms with Gasteiger partial charge in [0.1, 0.15) is 5.75 Å². The van der Waals surface area contributed by atoms with Crippen LogP contribution in [0.5, 0.6) is 5.75 Å². The van der Waals surface area contributed by atoms with Crippen LogP contribution < -0.4 is 15.2 Å². The molecular weight excluding hydrogens is 372 g/mol. The maximum Gasteiger partial charge on any atom is 0.258 e. The van der Waals surface area contributed by atoms with Crippen LogP contribution in [0.3, 0.4) is 0 Å². The van der Waals surface area contributed by atoms with E-state index in [1.54, 1.807) is 0 Å². The van der Waals surface area contributed by atoms with E-state index < -0.39 is 0 Å². The van der Waals surface area contributed by atoms with Gasteiger partial charge in [0.25, 0.3) is 5.56 Å². The monoisotopic (exact) mass is 394 g/mol. The van der Waals surface area contributed by atoms with E-state index in [4.69, 9.17) is 4.74 Å². The molecule has 0 aliphatic carbocycles. The number of para-hydroxylation sites is 2. The van der Waals surface area contributed by atoms with Crippen molar-refractivity contribution in [1.29, 1.82) is 0 Å². The Balaban J connectivity index is 1.64. The van der Waals surface area contributed by atoms with Crippen LogP contribution in [0.2, 0.25) is 0 Å². The van der Waals surface area contributed by atoms with Gasteiger partial charge in [-0.15, -0.1) is 0 Å². The molecular formula is C26H22N2O2. The van der Waals surface area contributed by atoms with Gasteiger partial charge in [-0.2, -0.15) is 0 Å². The first kappa shape index (κ1) is 17.3. The van der Waals surface area contributed by atoms with Crippen LogP contribution in [0.15, 0.2) is 83.7 Å². The molecule has 0 fully saturated rings. The lowest BCUT2D eigenvalue weighted by atomic mass is 9.81. The highest BCUT2D eigenvalue weighted by Gasteiger charge is 2.41. The van der Waals surface area contributed by atoms with Gasteiger partial charge in [-0.1, -0.05) is 60.7 Å². The van der Waals surface area contributed by atoms with Gasteiger partial charge < -0.3 is 14.2 Å². The largest absolute Gasteiger partial charge is 0.469 e. The van der Waals surface area contributed by atoms with Crippen molar-refractivity contribution >= 4 is 16.6 Å². The fourth-order valence-electron chi connectivity index (χ4n) is 5.04. The summed E-state index contributed by atoms with van der Waals surface area (Å²) in [5.74, 6) is 0.799. The third-order valence-electron chi connectivity index (χ3n) is 6.51. The predicted octanol–water partition coefficient (Wildman–Crippen LogP) is 4.74. The van der Waals surface area contributed by atoms with Crippen molar-refractivity contribution in [3.05, 3.63) is 106 Å². The summed E-state index contributed by atoms with van der Waals surface area (Å²) in [5, 5.41) is 1.01. The van der Waals surface area contributed by atoms with Crippen molar-refractivity contribution in [1.82, 2.24) is 4.57 Å². The smallest absolute Gasteiger partial charge is 0.258 e. The van der Waals surface area contributed by atoms with Crippen molar-refractivity contribution in [2.75, 3.05) is 11.9 Å². The third-order valence-corrected chi connectivity index (χ3v) is 6.51. The van der Waals surface area contributed by atoms with E-state index in [9.17, 15) is 4.79 Å². The molecule has 0 radical (unpaired) electrons. The molecule has 0 saturated heterocycles. The molecule has 0 amide bonds. The van der Waals surface area contributed by atoms with Crippen LogP contribution in [0.25, 0.3) is 10.9 Å². The summed E-state index contributed by atoms with van der Waals surface area (Å²) < 4.78 is 8.39. The molecule has 2 bridgehead atoms. The van der Waals surface area contributed by atoms with Crippen molar-refractivity contribution in [3.63, 3.8) is 0 Å². The second kappa shape index (κ2) is 6.49. The normalized spacial score (nSPS) is 19.2. The Hall–Kier alpha value is -3.53. The molecule has 2 aliphatic heterocycles. The molecule has 4 nitrogen and oxygen atoms in total. The number of fused-ring (bicyclic) bond motifs is 8. The number of hydrogen-bond acceptors (Lipinski definition) is 3. The third kappa shape index (κ3) is 2.43. The zero-order valence-electron chi connectivity index (χ0n) is 16.8. The summed E-state index contributed by atoms with van der Waals surface area (Å²) in [5.41, 5.74) is 5.23. The highest BCUT2D eigenvalue weighted by Crippen LogP contribution is 2.48. The van der Waals surface area contributed by atoms with Crippen molar-refractivity contribution in [2.45, 2.75) is 25.1 Å². The van der Waals surface area contributed by atoms with E-state index >= 15 is 0 Å². The summed E-state index contributed by atoms with van der Waals surface area (Å²) in [7, 11) is 2.07. The molecule has 0 spiro atoms. The molecule has 148 valence electrons. The Morgan fingerprint density at radius 3 is 2.53 bits per heavy atom. The van der Waals surface area contributed by atoms with E-state index in [1.165, 1.54) is 5.56 Å². The number of ether oxygens (including phenoxy) is 1. The summed E-state index contributed by atoms with van der Waals surface area (Å²) in [4.78, 5) is 16.1. The first-order valence-corrected chi connectivity index (χ1v) is 10.4. The summed E-state index contributed by atoms with van der Waals surface area (Å²) in [6.07, 6.45) is 0.726. The van der Waals surface area contributed by atoms with Gasteiger partial charge in [-0.25, -0.2) is 0 Å². The van der Waals surface area contributed by atoms with Crippen LogP contribution in [0.4, 0.5) is 5.69 Å². The summed E-state index contributed by atoms with van der Waals surface area (Å²) in [6.45, 7) is 0.547. The van der Waals surface area contributed by atoms with E-state index in [0.29, 0.717) is 6.54 Å².